The minimum absolute atomic E-state index is 0.180. The molecule has 1 saturated heterocycles. The van der Waals surface area contributed by atoms with Crippen molar-refractivity contribution in [1.29, 1.82) is 0 Å². The third kappa shape index (κ3) is 5.28. The van der Waals surface area contributed by atoms with Crippen LogP contribution in [0.15, 0.2) is 88.7 Å². The molecule has 32 heavy (non-hydrogen) atoms. The summed E-state index contributed by atoms with van der Waals surface area (Å²) in [7, 11) is -2.88. The summed E-state index contributed by atoms with van der Waals surface area (Å²) in [4.78, 5) is 3.87. The molecule has 0 aliphatic carbocycles. The summed E-state index contributed by atoms with van der Waals surface area (Å²) in [6.45, 7) is 5.92. The molecule has 0 spiro atoms. The maximum Gasteiger partial charge on any atom is 0.139 e. The van der Waals surface area contributed by atoms with Gasteiger partial charge in [0.2, 0.25) is 0 Å². The molecule has 3 aromatic rings. The molecule has 3 nitrogen and oxygen atoms in total. The van der Waals surface area contributed by atoms with Crippen LogP contribution in [0.4, 0.5) is 0 Å². The number of piperidine rings is 1. The van der Waals surface area contributed by atoms with Crippen LogP contribution in [0.25, 0.3) is 0 Å². The number of nitrogens with zero attached hydrogens (tertiary/aromatic N) is 1. The molecule has 3 unspecified atom stereocenters. The van der Waals surface area contributed by atoms with E-state index in [1.54, 1.807) is 0 Å². The Hall–Kier alpha value is -2.08. The summed E-state index contributed by atoms with van der Waals surface area (Å²) in [6.07, 6.45) is 3.44. The molecule has 3 aromatic carbocycles. The fourth-order valence-corrected chi connectivity index (χ4v) is 8.09. The van der Waals surface area contributed by atoms with Gasteiger partial charge in [0.1, 0.15) is 4.58 Å². The first-order chi connectivity index (χ1) is 15.5. The van der Waals surface area contributed by atoms with Gasteiger partial charge in [0.15, 0.2) is 0 Å². The number of benzene rings is 3. The summed E-state index contributed by atoms with van der Waals surface area (Å²) in [5, 5.41) is 0. The van der Waals surface area contributed by atoms with E-state index in [0.717, 1.165) is 52.4 Å². The molecule has 0 saturated carbocycles. The largest absolute Gasteiger partial charge is 0.294 e. The molecule has 0 amide bonds. The van der Waals surface area contributed by atoms with E-state index in [1.165, 1.54) is 6.42 Å². The highest BCUT2D eigenvalue weighted by Crippen LogP contribution is 2.36. The molecule has 1 aliphatic rings. The van der Waals surface area contributed by atoms with Crippen molar-refractivity contribution in [3.8, 4) is 0 Å². The number of likely N-dealkylation sites (tertiary alicyclic amines) is 1. The Morgan fingerprint density at radius 2 is 1.12 bits per heavy atom. The lowest BCUT2D eigenvalue weighted by atomic mass is 10.0. The van der Waals surface area contributed by atoms with Crippen molar-refractivity contribution < 1.29 is 8.42 Å². The average molecular weight is 466 g/mol. The second-order valence-corrected chi connectivity index (χ2v) is 12.0. The fourth-order valence-electron chi connectivity index (χ4n) is 4.31. The number of aryl methyl sites for hydroxylation is 2. The summed E-state index contributed by atoms with van der Waals surface area (Å²) in [6, 6.07) is 25.7. The van der Waals surface area contributed by atoms with Crippen molar-refractivity contribution in [2.45, 2.75) is 53.5 Å². The smallest absolute Gasteiger partial charge is 0.139 e. The predicted molar refractivity (Wildman–Crippen MR) is 134 cm³/mol. The third-order valence-corrected chi connectivity index (χ3v) is 9.99. The molecule has 0 N–H and O–H groups in total. The van der Waals surface area contributed by atoms with Crippen molar-refractivity contribution in [3.05, 3.63) is 95.6 Å². The summed E-state index contributed by atoms with van der Waals surface area (Å²) in [5.41, 5.74) is 3.33. The number of hydrogen-bond donors (Lipinski definition) is 0. The van der Waals surface area contributed by atoms with Gasteiger partial charge in [0.25, 0.3) is 0 Å². The van der Waals surface area contributed by atoms with Crippen LogP contribution in [0.3, 0.4) is 0 Å². The van der Waals surface area contributed by atoms with Gasteiger partial charge < -0.3 is 0 Å². The van der Waals surface area contributed by atoms with Gasteiger partial charge in [-0.2, -0.15) is 0 Å². The molecule has 5 heteroatoms. The predicted octanol–water partition coefficient (Wildman–Crippen LogP) is 5.77. The van der Waals surface area contributed by atoms with Crippen molar-refractivity contribution in [2.24, 2.45) is 0 Å². The molecule has 4 rings (SSSR count). The Balaban J connectivity index is 1.82. The van der Waals surface area contributed by atoms with Crippen LogP contribution in [0.5, 0.6) is 0 Å². The van der Waals surface area contributed by atoms with Gasteiger partial charge in [0, 0.05) is 9.79 Å². The molecule has 1 heterocycles. The molecular formula is C27H31NO2S2. The Morgan fingerprint density at radius 1 is 0.656 bits per heavy atom. The van der Waals surface area contributed by atoms with Crippen LogP contribution in [-0.2, 0) is 21.6 Å². The fraction of sp³-hybridized carbons (Fsp3) is 0.333. The summed E-state index contributed by atoms with van der Waals surface area (Å²) >= 11 is 0. The first kappa shape index (κ1) is 23.1. The van der Waals surface area contributed by atoms with Gasteiger partial charge in [-0.3, -0.25) is 13.3 Å². The highest BCUT2D eigenvalue weighted by Gasteiger charge is 2.39. The zero-order chi connectivity index (χ0) is 22.5. The Labute approximate surface area is 196 Å². The van der Waals surface area contributed by atoms with E-state index in [1.807, 2.05) is 80.6 Å². The van der Waals surface area contributed by atoms with Gasteiger partial charge >= 0.3 is 0 Å². The molecule has 1 aliphatic heterocycles. The maximum absolute atomic E-state index is 14.1. The zero-order valence-corrected chi connectivity index (χ0v) is 20.4. The minimum Gasteiger partial charge on any atom is -0.294 e. The maximum atomic E-state index is 14.1. The third-order valence-electron chi connectivity index (χ3n) is 6.11. The van der Waals surface area contributed by atoms with E-state index in [-0.39, 0.29) is 6.04 Å². The van der Waals surface area contributed by atoms with E-state index >= 15 is 0 Å². The molecule has 1 fully saturated rings. The zero-order valence-electron chi connectivity index (χ0n) is 18.8. The van der Waals surface area contributed by atoms with E-state index in [0.29, 0.717) is 0 Å². The first-order valence-corrected chi connectivity index (χ1v) is 13.7. The Bertz CT molecular complexity index is 1000. The Kier molecular flexibility index (Phi) is 7.71. The lowest BCUT2D eigenvalue weighted by Gasteiger charge is -2.38. The summed E-state index contributed by atoms with van der Waals surface area (Å²) < 4.78 is 27.6. The lowest BCUT2D eigenvalue weighted by molar-refractivity contribution is 0.171. The molecule has 3 atom stereocenters. The monoisotopic (exact) mass is 465 g/mol. The van der Waals surface area contributed by atoms with Gasteiger partial charge in [-0.25, -0.2) is 0 Å². The molecule has 0 aromatic heterocycles. The highest BCUT2D eigenvalue weighted by atomic mass is 32.2. The van der Waals surface area contributed by atoms with E-state index < -0.39 is 26.2 Å². The van der Waals surface area contributed by atoms with E-state index in [4.69, 9.17) is 0 Å². The van der Waals surface area contributed by atoms with Gasteiger partial charge in [-0.15, -0.1) is 0 Å². The topological polar surface area (TPSA) is 37.4 Å². The van der Waals surface area contributed by atoms with Crippen LogP contribution in [0, 0.1) is 13.8 Å². The van der Waals surface area contributed by atoms with Crippen molar-refractivity contribution in [2.75, 3.05) is 13.1 Å². The molecular weight excluding hydrogens is 434 g/mol. The average Bonchev–Trinajstić information content (AvgIpc) is 2.84. The van der Waals surface area contributed by atoms with E-state index in [2.05, 4.69) is 17.0 Å². The molecule has 0 bridgehead atoms. The van der Waals surface area contributed by atoms with Crippen molar-refractivity contribution in [1.82, 2.24) is 4.90 Å². The van der Waals surface area contributed by atoms with Crippen LogP contribution in [-0.4, -0.2) is 31.0 Å². The van der Waals surface area contributed by atoms with E-state index in [9.17, 15) is 8.42 Å². The standard InChI is InChI=1S/C27H31NO2S2/c1-21-11-15-24(16-12-21)31(29)27(32(30)25-17-13-22(2)14-18-25)26(23-9-5-3-6-10-23)28-19-7-4-8-20-28/h3,5-6,9-18,26-27H,4,7-8,19-20H2,1-2H3. The van der Waals surface area contributed by atoms with Crippen LogP contribution < -0.4 is 0 Å². The minimum atomic E-state index is -1.44. The SMILES string of the molecule is Cc1ccc(S(=O)C(C(c2ccccc2)N2CCCCC2)S(=O)c2ccc(C)cc2)cc1. The second-order valence-electron chi connectivity index (χ2n) is 8.54. The first-order valence-electron chi connectivity index (χ1n) is 11.3. The molecule has 0 radical (unpaired) electrons. The summed E-state index contributed by atoms with van der Waals surface area (Å²) in [5.74, 6) is 0. The lowest BCUT2D eigenvalue weighted by Crippen LogP contribution is -2.43. The van der Waals surface area contributed by atoms with Gasteiger partial charge in [0.05, 0.1) is 27.6 Å². The van der Waals surface area contributed by atoms with Gasteiger partial charge in [-0.1, -0.05) is 72.1 Å². The van der Waals surface area contributed by atoms with Crippen LogP contribution in [0.1, 0.15) is 42.0 Å². The normalized spacial score (nSPS) is 18.6. The number of hydrogen-bond acceptors (Lipinski definition) is 3. The quantitative estimate of drug-likeness (QED) is 0.444. The van der Waals surface area contributed by atoms with Gasteiger partial charge in [-0.05, 0) is 69.6 Å². The number of rotatable bonds is 7. The second kappa shape index (κ2) is 10.7. The van der Waals surface area contributed by atoms with Crippen molar-refractivity contribution in [3.63, 3.8) is 0 Å². The van der Waals surface area contributed by atoms with Crippen LogP contribution in [0.2, 0.25) is 0 Å². The molecule has 168 valence electrons. The van der Waals surface area contributed by atoms with Crippen LogP contribution >= 0.6 is 0 Å². The highest BCUT2D eigenvalue weighted by molar-refractivity contribution is 8.03. The van der Waals surface area contributed by atoms with Crippen molar-refractivity contribution >= 4 is 21.6 Å². The Morgan fingerprint density at radius 3 is 1.59 bits per heavy atom.